The molecule has 0 radical (unpaired) electrons. The summed E-state index contributed by atoms with van der Waals surface area (Å²) in [6, 6.07) is 14.7. The molecule has 0 bridgehead atoms. The van der Waals surface area contributed by atoms with Crippen molar-refractivity contribution in [1.29, 1.82) is 0 Å². The first-order valence-corrected chi connectivity index (χ1v) is 25.8. The molecule has 12 heterocycles. The van der Waals surface area contributed by atoms with Crippen LogP contribution in [0, 0.1) is 10.8 Å². The number of carbonyl (C=O) groups is 2. The Labute approximate surface area is 442 Å². The third kappa shape index (κ3) is 8.33. The van der Waals surface area contributed by atoms with E-state index in [4.69, 9.17) is 0 Å². The van der Waals surface area contributed by atoms with E-state index in [1.54, 1.807) is 22.0 Å². The average molecular weight is 1040 g/mol. The van der Waals surface area contributed by atoms with Gasteiger partial charge in [0.2, 0.25) is 11.9 Å². The van der Waals surface area contributed by atoms with E-state index < -0.39 is 0 Å². The monoisotopic (exact) mass is 1040 g/mol. The van der Waals surface area contributed by atoms with Crippen molar-refractivity contribution in [2.24, 2.45) is 10.8 Å². The van der Waals surface area contributed by atoms with Crippen LogP contribution in [0.25, 0.3) is 44.6 Å². The molecule has 4 saturated heterocycles. The van der Waals surface area contributed by atoms with Gasteiger partial charge in [0, 0.05) is 123 Å². The van der Waals surface area contributed by atoms with Gasteiger partial charge in [-0.3, -0.25) is 19.8 Å². The first-order chi connectivity index (χ1) is 37.2. The van der Waals surface area contributed by atoms with Gasteiger partial charge >= 0.3 is 0 Å². The van der Waals surface area contributed by atoms with Gasteiger partial charge in [0.05, 0.1) is 45.7 Å². The molecule has 77 heavy (non-hydrogen) atoms. The summed E-state index contributed by atoms with van der Waals surface area (Å²) < 4.78 is 3.29. The van der Waals surface area contributed by atoms with E-state index in [2.05, 4.69) is 109 Å². The van der Waals surface area contributed by atoms with Crippen LogP contribution in [0.3, 0.4) is 0 Å². The molecule has 8 aromatic rings. The molecule has 2 amide bonds. The lowest BCUT2D eigenvalue weighted by atomic mass is 9.73. The zero-order chi connectivity index (χ0) is 53.5. The van der Waals surface area contributed by atoms with Crippen molar-refractivity contribution in [2.45, 2.75) is 53.6 Å². The van der Waals surface area contributed by atoms with Crippen LogP contribution in [0.15, 0.2) is 83.7 Å². The number of nitrogens with zero attached hydrogens (tertiary/aromatic N) is 19. The molecule has 2 atom stereocenters. The maximum absolute atomic E-state index is 13.4. The van der Waals surface area contributed by atoms with Gasteiger partial charge in [-0.25, -0.2) is 29.3 Å². The molecule has 0 aliphatic carbocycles. The lowest BCUT2D eigenvalue weighted by Gasteiger charge is -2.59. The molecule has 4 fully saturated rings. The van der Waals surface area contributed by atoms with Gasteiger partial charge in [0.1, 0.15) is 35.7 Å². The molecule has 26 heteroatoms. The Bertz CT molecular complexity index is 3660. The van der Waals surface area contributed by atoms with Crippen molar-refractivity contribution in [3.8, 4) is 22.8 Å². The number of aromatic nitrogens is 16. The van der Waals surface area contributed by atoms with Crippen molar-refractivity contribution < 1.29 is 9.59 Å². The fourth-order valence-corrected chi connectivity index (χ4v) is 11.7. The molecular weight excluding hydrogens is 981 g/mol. The maximum atomic E-state index is 13.4. The molecule has 0 saturated carbocycles. The number of hydrogen-bond donors (Lipinski definition) is 5. The summed E-state index contributed by atoms with van der Waals surface area (Å²) in [6.07, 6.45) is 3.18. The van der Waals surface area contributed by atoms with Gasteiger partial charge in [-0.15, -0.1) is 0 Å². The molecule has 6 aliphatic rings. The van der Waals surface area contributed by atoms with E-state index in [0.717, 1.165) is 120 Å². The Morgan fingerprint density at radius 2 is 1.04 bits per heavy atom. The number of likely N-dealkylation sites (tertiary alicyclic amines) is 1. The predicted octanol–water partition coefficient (Wildman–Crippen LogP) is 4.05. The van der Waals surface area contributed by atoms with Crippen molar-refractivity contribution in [3.05, 3.63) is 83.7 Å². The van der Waals surface area contributed by atoms with Gasteiger partial charge in [-0.1, -0.05) is 24.0 Å². The highest BCUT2D eigenvalue weighted by atomic mass is 16.2. The Kier molecular flexibility index (Phi) is 12.0. The van der Waals surface area contributed by atoms with Crippen molar-refractivity contribution in [2.75, 3.05) is 104 Å². The number of H-pyrrole nitrogens is 2. The number of amides is 2. The summed E-state index contributed by atoms with van der Waals surface area (Å²) >= 11 is 0. The second kappa shape index (κ2) is 18.8. The van der Waals surface area contributed by atoms with E-state index in [1.807, 2.05) is 114 Å². The highest BCUT2D eigenvalue weighted by molar-refractivity contribution is 6.08. The smallest absolute Gasteiger partial charge is 0.255 e. The van der Waals surface area contributed by atoms with E-state index in [9.17, 15) is 9.59 Å². The standard InChI is InChI=1S/C25H28N12O.C24H26N12O.C2H6/c1-14-21(15(2)37-24(35(14)4)31-32-33-37)23(38)28-16-5-6-18-17(7-16)22(30-29-18)19-8-20(27-13-26-19)36-11-25(12-36)9-34(3)10-25;1-13-20(14(2)36-23(34(13)3)31-32-33-36)22(37)28-15-4-5-17-16(6-15)21(30-29-17)18-7-19(27-12-26-18)35-10-24(11-35)8-25-9-24;1-2/h5-8,13,15H,9-12H2,1-4H3,(H,28,38)(H,29,30);4-7,12,14,25H,8-11H2,1-3H3,(H,28,37)(H,29,30);1-2H3/t15-;14-;/m11./s1. The SMILES string of the molecule is CC.CC1=C(C(=O)Nc2ccc3[nH]nc(-c4cc(N5CC6(CN(C)C6)C5)ncn4)c3c2)[C@@H](C)n2nnnc2N1C.CC1=C(C(=O)Nc2ccc3[nH]nc(-c4cc(N5CC6(CNC6)C5)ncn4)c3c2)[C@@H](C)n2nnnc2N1C. The maximum Gasteiger partial charge on any atom is 0.255 e. The number of nitrogens with one attached hydrogen (secondary N) is 5. The number of fused-ring (bicyclic) bond motifs is 4. The van der Waals surface area contributed by atoms with Crippen molar-refractivity contribution in [1.82, 2.24) is 91.0 Å². The van der Waals surface area contributed by atoms with E-state index in [-0.39, 0.29) is 23.9 Å². The Morgan fingerprint density at radius 3 is 1.45 bits per heavy atom. The molecule has 5 N–H and O–H groups in total. The summed E-state index contributed by atoms with van der Waals surface area (Å²) in [5, 5.41) is 50.2. The van der Waals surface area contributed by atoms with Crippen LogP contribution < -0.4 is 35.6 Å². The summed E-state index contributed by atoms with van der Waals surface area (Å²) in [6.45, 7) is 20.1. The quantitative estimate of drug-likeness (QED) is 0.144. The minimum atomic E-state index is -0.301. The normalized spacial score (nSPS) is 19.9. The number of tetrazole rings is 2. The minimum Gasteiger partial charge on any atom is -0.355 e. The van der Waals surface area contributed by atoms with Crippen molar-refractivity contribution >= 4 is 68.5 Å². The van der Waals surface area contributed by atoms with Gasteiger partial charge in [0.25, 0.3) is 11.8 Å². The van der Waals surface area contributed by atoms with Crippen LogP contribution >= 0.6 is 0 Å². The van der Waals surface area contributed by atoms with Crippen LogP contribution in [-0.4, -0.2) is 171 Å². The molecule has 2 spiro atoms. The summed E-state index contributed by atoms with van der Waals surface area (Å²) in [4.78, 5) is 55.4. The summed E-state index contributed by atoms with van der Waals surface area (Å²) in [5.41, 5.74) is 9.58. The van der Waals surface area contributed by atoms with Gasteiger partial charge in [0.15, 0.2) is 0 Å². The van der Waals surface area contributed by atoms with Crippen LogP contribution in [0.2, 0.25) is 0 Å². The Balaban J connectivity index is 0.000000150. The van der Waals surface area contributed by atoms with E-state index in [0.29, 0.717) is 45.2 Å². The van der Waals surface area contributed by atoms with Gasteiger partial charge in [-0.2, -0.15) is 10.2 Å². The lowest BCUT2D eigenvalue weighted by Crippen LogP contribution is -2.71. The number of aromatic amines is 2. The lowest BCUT2D eigenvalue weighted by molar-refractivity contribution is -0.114. The minimum absolute atomic E-state index is 0.204. The molecular formula is C51H60N24O2. The molecule has 14 rings (SSSR count). The van der Waals surface area contributed by atoms with Crippen LogP contribution in [0.1, 0.15) is 53.6 Å². The zero-order valence-corrected chi connectivity index (χ0v) is 44.4. The summed E-state index contributed by atoms with van der Waals surface area (Å²) in [7, 11) is 5.85. The Hall–Kier alpha value is -8.78. The number of carbonyl (C=O) groups excluding carboxylic acids is 2. The van der Waals surface area contributed by atoms with Gasteiger partial charge < -0.3 is 40.4 Å². The summed E-state index contributed by atoms with van der Waals surface area (Å²) in [5.74, 6) is 2.62. The fraction of sp³-hybridized carbons (Fsp3) is 0.412. The first-order valence-electron chi connectivity index (χ1n) is 25.8. The molecule has 2 aromatic carbocycles. The average Bonchev–Trinajstić information content (AvgIpc) is 4.24. The molecule has 6 aromatic heterocycles. The number of rotatable bonds is 8. The van der Waals surface area contributed by atoms with Gasteiger partial charge in [-0.05, 0) is 92.0 Å². The number of allylic oxidation sites excluding steroid dienone is 2. The highest BCUT2D eigenvalue weighted by Gasteiger charge is 2.51. The third-order valence-corrected chi connectivity index (χ3v) is 15.8. The largest absolute Gasteiger partial charge is 0.355 e. The van der Waals surface area contributed by atoms with Crippen LogP contribution in [0.4, 0.5) is 34.9 Å². The number of anilines is 6. The molecule has 396 valence electrons. The predicted molar refractivity (Wildman–Crippen MR) is 290 cm³/mol. The van der Waals surface area contributed by atoms with Crippen molar-refractivity contribution in [3.63, 3.8) is 0 Å². The number of hydrogen-bond acceptors (Lipinski definition) is 20. The molecule has 0 unspecified atom stereocenters. The van der Waals surface area contributed by atoms with Crippen LogP contribution in [0.5, 0.6) is 0 Å². The van der Waals surface area contributed by atoms with E-state index in [1.165, 1.54) is 0 Å². The first kappa shape index (κ1) is 49.1. The molecule has 26 nitrogen and oxygen atoms in total. The van der Waals surface area contributed by atoms with Crippen LogP contribution in [-0.2, 0) is 9.59 Å². The second-order valence-electron chi connectivity index (χ2n) is 20.9. The highest BCUT2D eigenvalue weighted by Crippen LogP contribution is 2.42. The van der Waals surface area contributed by atoms with E-state index >= 15 is 0 Å². The zero-order valence-electron chi connectivity index (χ0n) is 44.4. The number of benzene rings is 2. The molecule has 6 aliphatic heterocycles. The Morgan fingerprint density at radius 1 is 0.597 bits per heavy atom. The second-order valence-corrected chi connectivity index (χ2v) is 20.9. The fourth-order valence-electron chi connectivity index (χ4n) is 11.7. The topological polar surface area (TPSA) is 283 Å². The third-order valence-electron chi connectivity index (χ3n) is 15.8.